The van der Waals surface area contributed by atoms with Gasteiger partial charge >= 0.3 is 0 Å². The molecule has 3 heteroatoms. The highest BCUT2D eigenvalue weighted by atomic mass is 127. The van der Waals surface area contributed by atoms with Crippen LogP contribution >= 0.6 is 54.5 Å². The van der Waals surface area contributed by atoms with Crippen molar-refractivity contribution in [2.45, 2.75) is 17.7 Å². The van der Waals surface area contributed by atoms with E-state index < -0.39 is 0 Å². The maximum atomic E-state index is 3.69. The summed E-state index contributed by atoms with van der Waals surface area (Å²) in [5.74, 6) is 0. The predicted molar refractivity (Wildman–Crippen MR) is 73.9 cm³/mol. The molecule has 0 bridgehead atoms. The molecule has 0 fully saturated rings. The van der Waals surface area contributed by atoms with E-state index in [1.807, 2.05) is 0 Å². The highest BCUT2D eigenvalue weighted by Crippen LogP contribution is 2.28. The first-order chi connectivity index (χ1) is 6.24. The second kappa shape index (κ2) is 6.40. The summed E-state index contributed by atoms with van der Waals surface area (Å²) < 4.78 is 1.29. The average Bonchev–Trinajstić information content (AvgIpc) is 2.15. The Hall–Kier alpha value is 0.910. The van der Waals surface area contributed by atoms with Gasteiger partial charge in [-0.2, -0.15) is 0 Å². The SMILES string of the molecule is BrCCCC(Br)c1ccc(I)cc1. The second-order valence-corrected chi connectivity index (χ2v) is 5.99. The number of alkyl halides is 2. The van der Waals surface area contributed by atoms with E-state index in [4.69, 9.17) is 0 Å². The molecule has 0 saturated carbocycles. The lowest BCUT2D eigenvalue weighted by atomic mass is 10.1. The van der Waals surface area contributed by atoms with Crippen molar-refractivity contribution in [2.75, 3.05) is 5.33 Å². The maximum absolute atomic E-state index is 3.69. The zero-order valence-electron chi connectivity index (χ0n) is 7.14. The lowest BCUT2D eigenvalue weighted by molar-refractivity contribution is 0.799. The Bertz CT molecular complexity index is 246. The van der Waals surface area contributed by atoms with Gasteiger partial charge in [0, 0.05) is 13.7 Å². The number of rotatable bonds is 4. The Labute approximate surface area is 110 Å². The van der Waals surface area contributed by atoms with E-state index in [2.05, 4.69) is 78.7 Å². The van der Waals surface area contributed by atoms with E-state index in [0.29, 0.717) is 4.83 Å². The van der Waals surface area contributed by atoms with Gasteiger partial charge in [0.2, 0.25) is 0 Å². The zero-order valence-corrected chi connectivity index (χ0v) is 12.5. The van der Waals surface area contributed by atoms with Crippen LogP contribution in [0.25, 0.3) is 0 Å². The van der Waals surface area contributed by atoms with Gasteiger partial charge in [-0.05, 0) is 53.1 Å². The molecule has 0 radical (unpaired) electrons. The first-order valence-corrected chi connectivity index (χ1v) is 7.31. The van der Waals surface area contributed by atoms with Gasteiger partial charge < -0.3 is 0 Å². The van der Waals surface area contributed by atoms with Crippen LogP contribution < -0.4 is 0 Å². The lowest BCUT2D eigenvalue weighted by Crippen LogP contribution is -1.90. The largest absolute Gasteiger partial charge is 0.0928 e. The molecular formula is C10H11Br2I. The van der Waals surface area contributed by atoms with Crippen molar-refractivity contribution in [2.24, 2.45) is 0 Å². The van der Waals surface area contributed by atoms with Crippen molar-refractivity contribution in [3.05, 3.63) is 33.4 Å². The summed E-state index contributed by atoms with van der Waals surface area (Å²) in [6, 6.07) is 8.68. The summed E-state index contributed by atoms with van der Waals surface area (Å²) in [4.78, 5) is 0.502. The van der Waals surface area contributed by atoms with E-state index in [0.717, 1.165) is 5.33 Å². The summed E-state index contributed by atoms with van der Waals surface area (Å²) in [6.07, 6.45) is 2.40. The third-order valence-electron chi connectivity index (χ3n) is 1.82. The van der Waals surface area contributed by atoms with Crippen LogP contribution in [0.15, 0.2) is 24.3 Å². The van der Waals surface area contributed by atoms with Crippen LogP contribution in [-0.4, -0.2) is 5.33 Å². The van der Waals surface area contributed by atoms with E-state index in [9.17, 15) is 0 Å². The quantitative estimate of drug-likeness (QED) is 0.482. The van der Waals surface area contributed by atoms with Crippen molar-refractivity contribution in [3.8, 4) is 0 Å². The van der Waals surface area contributed by atoms with Gasteiger partial charge in [-0.15, -0.1) is 0 Å². The molecule has 0 N–H and O–H groups in total. The molecule has 0 heterocycles. The van der Waals surface area contributed by atoms with Crippen molar-refractivity contribution < 1.29 is 0 Å². The fourth-order valence-electron chi connectivity index (χ4n) is 1.09. The van der Waals surface area contributed by atoms with Crippen LogP contribution in [0, 0.1) is 3.57 Å². The van der Waals surface area contributed by atoms with Crippen LogP contribution in [0.4, 0.5) is 0 Å². The lowest BCUT2D eigenvalue weighted by Gasteiger charge is -2.08. The topological polar surface area (TPSA) is 0 Å². The minimum atomic E-state index is 0.502. The van der Waals surface area contributed by atoms with Crippen LogP contribution in [-0.2, 0) is 0 Å². The monoisotopic (exact) mass is 416 g/mol. The van der Waals surface area contributed by atoms with Gasteiger partial charge in [-0.3, -0.25) is 0 Å². The fourth-order valence-corrected chi connectivity index (χ4v) is 2.41. The molecule has 1 aromatic rings. The minimum absolute atomic E-state index is 0.502. The standard InChI is InChI=1S/C10H11Br2I/c11-7-1-2-10(12)8-3-5-9(13)6-4-8/h3-6,10H,1-2,7H2. The zero-order chi connectivity index (χ0) is 9.68. The molecule has 13 heavy (non-hydrogen) atoms. The second-order valence-electron chi connectivity index (χ2n) is 2.85. The van der Waals surface area contributed by atoms with Crippen LogP contribution in [0.2, 0.25) is 0 Å². The average molecular weight is 418 g/mol. The molecule has 1 aromatic carbocycles. The molecule has 1 rings (SSSR count). The Morgan fingerprint density at radius 2 is 1.85 bits per heavy atom. The molecule has 0 saturated heterocycles. The van der Waals surface area contributed by atoms with E-state index in [-0.39, 0.29) is 0 Å². The summed E-state index contributed by atoms with van der Waals surface area (Å²) in [6.45, 7) is 0. The van der Waals surface area contributed by atoms with Crippen LogP contribution in [0.5, 0.6) is 0 Å². The first-order valence-electron chi connectivity index (χ1n) is 4.19. The molecule has 0 aliphatic heterocycles. The molecule has 0 aliphatic carbocycles. The number of halogens is 3. The van der Waals surface area contributed by atoms with Crippen molar-refractivity contribution in [1.29, 1.82) is 0 Å². The molecule has 1 unspecified atom stereocenters. The molecule has 0 spiro atoms. The Kier molecular flexibility index (Phi) is 5.90. The molecule has 0 aliphatic rings. The minimum Gasteiger partial charge on any atom is -0.0928 e. The molecular weight excluding hydrogens is 407 g/mol. The normalized spacial score (nSPS) is 12.8. The Balaban J connectivity index is 2.55. The molecule has 72 valence electrons. The van der Waals surface area contributed by atoms with Gasteiger partial charge in [-0.1, -0.05) is 44.0 Å². The number of hydrogen-bond acceptors (Lipinski definition) is 0. The molecule has 0 aromatic heterocycles. The van der Waals surface area contributed by atoms with Gasteiger partial charge in [-0.25, -0.2) is 0 Å². The molecule has 0 nitrogen and oxygen atoms in total. The highest BCUT2D eigenvalue weighted by Gasteiger charge is 2.05. The molecule has 1 atom stereocenters. The van der Waals surface area contributed by atoms with Crippen molar-refractivity contribution in [1.82, 2.24) is 0 Å². The maximum Gasteiger partial charge on any atom is 0.0395 e. The third kappa shape index (κ3) is 4.30. The highest BCUT2D eigenvalue weighted by molar-refractivity contribution is 14.1. The van der Waals surface area contributed by atoms with Crippen molar-refractivity contribution >= 4 is 54.5 Å². The summed E-state index contributed by atoms with van der Waals surface area (Å²) in [5, 5.41) is 1.08. The number of benzene rings is 1. The van der Waals surface area contributed by atoms with Crippen LogP contribution in [0.1, 0.15) is 23.2 Å². The summed E-state index contributed by atoms with van der Waals surface area (Å²) in [5.41, 5.74) is 1.38. The predicted octanol–water partition coefficient (Wildman–Crippen LogP) is 4.90. The van der Waals surface area contributed by atoms with Crippen molar-refractivity contribution in [3.63, 3.8) is 0 Å². The Morgan fingerprint density at radius 1 is 1.23 bits per heavy atom. The van der Waals surface area contributed by atoms with E-state index in [1.165, 1.54) is 22.0 Å². The Morgan fingerprint density at radius 3 is 2.38 bits per heavy atom. The smallest absolute Gasteiger partial charge is 0.0395 e. The van der Waals surface area contributed by atoms with Gasteiger partial charge in [0.25, 0.3) is 0 Å². The van der Waals surface area contributed by atoms with Gasteiger partial charge in [0.15, 0.2) is 0 Å². The third-order valence-corrected chi connectivity index (χ3v) is 4.09. The molecule has 0 amide bonds. The summed E-state index contributed by atoms with van der Waals surface area (Å²) >= 11 is 9.45. The number of hydrogen-bond donors (Lipinski definition) is 0. The van der Waals surface area contributed by atoms with Crippen LogP contribution in [0.3, 0.4) is 0 Å². The van der Waals surface area contributed by atoms with Gasteiger partial charge in [0.1, 0.15) is 0 Å². The van der Waals surface area contributed by atoms with E-state index in [1.54, 1.807) is 0 Å². The summed E-state index contributed by atoms with van der Waals surface area (Å²) in [7, 11) is 0. The first kappa shape index (κ1) is 12.0. The van der Waals surface area contributed by atoms with Gasteiger partial charge in [0.05, 0.1) is 0 Å². The van der Waals surface area contributed by atoms with E-state index >= 15 is 0 Å². The fraction of sp³-hybridized carbons (Fsp3) is 0.400.